The first kappa shape index (κ1) is 28.4. The number of fused-ring (bicyclic) bond motifs is 3. The third-order valence-electron chi connectivity index (χ3n) is 6.23. The van der Waals surface area contributed by atoms with Crippen molar-refractivity contribution in [1.82, 2.24) is 14.5 Å². The molecule has 7 nitrogen and oxygen atoms in total. The van der Waals surface area contributed by atoms with Crippen molar-refractivity contribution in [3.63, 3.8) is 0 Å². The van der Waals surface area contributed by atoms with Crippen LogP contribution in [0.4, 0.5) is 5.82 Å². The SMILES string of the molecule is CCOCc1nc2c(N)nc3cc(OCCCc4cccc(C(C)C)c4)ccc3c2n1CC(C)C.CO. The smallest absolute Gasteiger partial charge is 0.152 e. The minimum Gasteiger partial charge on any atom is -0.494 e. The number of ether oxygens (including phenoxy) is 2. The van der Waals surface area contributed by atoms with Crippen molar-refractivity contribution in [3.8, 4) is 5.75 Å². The highest BCUT2D eigenvalue weighted by Gasteiger charge is 2.18. The molecule has 0 saturated heterocycles. The summed E-state index contributed by atoms with van der Waals surface area (Å²) in [5.41, 5.74) is 11.7. The van der Waals surface area contributed by atoms with Gasteiger partial charge in [0.15, 0.2) is 5.82 Å². The van der Waals surface area contributed by atoms with Gasteiger partial charge in [0, 0.05) is 31.7 Å². The second-order valence-corrected chi connectivity index (χ2v) is 9.89. The van der Waals surface area contributed by atoms with Gasteiger partial charge in [-0.25, -0.2) is 9.97 Å². The van der Waals surface area contributed by atoms with Crippen LogP contribution >= 0.6 is 0 Å². The van der Waals surface area contributed by atoms with Crippen LogP contribution in [0.5, 0.6) is 5.75 Å². The summed E-state index contributed by atoms with van der Waals surface area (Å²) < 4.78 is 14.0. The summed E-state index contributed by atoms with van der Waals surface area (Å²) in [5, 5.41) is 8.03. The number of imidazole rings is 1. The highest BCUT2D eigenvalue weighted by molar-refractivity contribution is 6.06. The lowest BCUT2D eigenvalue weighted by Crippen LogP contribution is -2.10. The number of aliphatic hydroxyl groups excluding tert-OH is 1. The number of nitrogen functional groups attached to an aromatic ring is 1. The van der Waals surface area contributed by atoms with E-state index in [4.69, 9.17) is 25.3 Å². The van der Waals surface area contributed by atoms with Gasteiger partial charge in [-0.2, -0.15) is 0 Å². The average molecular weight is 507 g/mol. The van der Waals surface area contributed by atoms with Gasteiger partial charge in [0.2, 0.25) is 0 Å². The first-order valence-corrected chi connectivity index (χ1v) is 13.2. The maximum absolute atomic E-state index is 7.00. The van der Waals surface area contributed by atoms with Crippen LogP contribution < -0.4 is 10.5 Å². The van der Waals surface area contributed by atoms with E-state index in [1.807, 2.05) is 19.1 Å². The summed E-state index contributed by atoms with van der Waals surface area (Å²) in [7, 11) is 1.00. The normalized spacial score (nSPS) is 11.4. The van der Waals surface area contributed by atoms with Crippen LogP contribution in [0, 0.1) is 5.92 Å². The van der Waals surface area contributed by atoms with Crippen LogP contribution in [0.1, 0.15) is 63.9 Å². The summed E-state index contributed by atoms with van der Waals surface area (Å²) in [6, 6.07) is 14.9. The van der Waals surface area contributed by atoms with E-state index in [0.717, 1.165) is 60.0 Å². The molecule has 7 heteroatoms. The Hall–Kier alpha value is -3.16. The fourth-order valence-corrected chi connectivity index (χ4v) is 4.47. The molecule has 0 unspecified atom stereocenters. The van der Waals surface area contributed by atoms with Crippen LogP contribution in [-0.2, 0) is 24.3 Å². The fraction of sp³-hybridized carbons (Fsp3) is 0.467. The highest BCUT2D eigenvalue weighted by Crippen LogP contribution is 2.32. The van der Waals surface area contributed by atoms with Crippen LogP contribution in [0.25, 0.3) is 21.9 Å². The number of pyridine rings is 1. The number of hydrogen-bond donors (Lipinski definition) is 2. The van der Waals surface area contributed by atoms with Crippen LogP contribution in [-0.4, -0.2) is 40.0 Å². The van der Waals surface area contributed by atoms with Crippen molar-refractivity contribution >= 4 is 27.8 Å². The molecular weight excluding hydrogens is 464 g/mol. The molecule has 0 aliphatic heterocycles. The summed E-state index contributed by atoms with van der Waals surface area (Å²) >= 11 is 0. The largest absolute Gasteiger partial charge is 0.494 e. The van der Waals surface area contributed by atoms with Gasteiger partial charge in [-0.15, -0.1) is 0 Å². The van der Waals surface area contributed by atoms with E-state index in [-0.39, 0.29) is 0 Å². The number of benzene rings is 2. The number of nitrogens with zero attached hydrogens (tertiary/aromatic N) is 3. The van der Waals surface area contributed by atoms with Crippen molar-refractivity contribution in [1.29, 1.82) is 0 Å². The highest BCUT2D eigenvalue weighted by atomic mass is 16.5. The second-order valence-electron chi connectivity index (χ2n) is 9.89. The molecule has 2 heterocycles. The minimum atomic E-state index is 0.440. The molecule has 0 saturated carbocycles. The van der Waals surface area contributed by atoms with Gasteiger partial charge < -0.3 is 24.9 Å². The zero-order chi connectivity index (χ0) is 26.9. The Morgan fingerprint density at radius 2 is 1.81 bits per heavy atom. The maximum Gasteiger partial charge on any atom is 0.152 e. The molecular formula is C30H42N4O3. The summed E-state index contributed by atoms with van der Waals surface area (Å²) in [6.45, 7) is 13.4. The molecule has 0 atom stereocenters. The molecule has 0 radical (unpaired) electrons. The molecule has 4 aromatic rings. The molecule has 0 fully saturated rings. The molecule has 0 amide bonds. The summed E-state index contributed by atoms with van der Waals surface area (Å²) in [6.07, 6.45) is 1.95. The maximum atomic E-state index is 7.00. The van der Waals surface area contributed by atoms with E-state index >= 15 is 0 Å². The van der Waals surface area contributed by atoms with Crippen LogP contribution in [0.15, 0.2) is 42.5 Å². The van der Waals surface area contributed by atoms with E-state index < -0.39 is 0 Å². The molecule has 2 aromatic carbocycles. The quantitative estimate of drug-likeness (QED) is 0.239. The van der Waals surface area contributed by atoms with Gasteiger partial charge in [0.25, 0.3) is 0 Å². The van der Waals surface area contributed by atoms with Gasteiger partial charge >= 0.3 is 0 Å². The van der Waals surface area contributed by atoms with Crippen molar-refractivity contribution in [2.45, 2.75) is 66.5 Å². The average Bonchev–Trinajstić information content (AvgIpc) is 3.25. The van der Waals surface area contributed by atoms with Crippen LogP contribution in [0.2, 0.25) is 0 Å². The van der Waals surface area contributed by atoms with E-state index in [1.54, 1.807) is 0 Å². The first-order chi connectivity index (χ1) is 17.9. The molecule has 0 aliphatic carbocycles. The molecule has 0 aliphatic rings. The Morgan fingerprint density at radius 1 is 1.03 bits per heavy atom. The third-order valence-corrected chi connectivity index (χ3v) is 6.23. The lowest BCUT2D eigenvalue weighted by Gasteiger charge is -2.14. The molecule has 0 bridgehead atoms. The number of hydrogen-bond acceptors (Lipinski definition) is 6. The van der Waals surface area contributed by atoms with E-state index in [2.05, 4.69) is 67.6 Å². The topological polar surface area (TPSA) is 95.4 Å². The third kappa shape index (κ3) is 6.99. The lowest BCUT2D eigenvalue weighted by molar-refractivity contribution is 0.125. The number of anilines is 1. The predicted octanol–water partition coefficient (Wildman–Crippen LogP) is 6.10. The Bertz CT molecular complexity index is 1300. The monoisotopic (exact) mass is 506 g/mol. The number of nitrogens with two attached hydrogens (primary N) is 1. The lowest BCUT2D eigenvalue weighted by atomic mass is 9.99. The van der Waals surface area contributed by atoms with E-state index in [0.29, 0.717) is 37.5 Å². The van der Waals surface area contributed by atoms with E-state index in [1.165, 1.54) is 11.1 Å². The number of aromatic nitrogens is 3. The zero-order valence-electron chi connectivity index (χ0n) is 23.1. The van der Waals surface area contributed by atoms with E-state index in [9.17, 15) is 0 Å². The van der Waals surface area contributed by atoms with Gasteiger partial charge in [0.05, 0.1) is 17.6 Å². The first-order valence-electron chi connectivity index (χ1n) is 13.2. The molecule has 4 rings (SSSR count). The summed E-state index contributed by atoms with van der Waals surface area (Å²) in [5.74, 6) is 3.14. The number of aryl methyl sites for hydroxylation is 1. The molecule has 0 spiro atoms. The van der Waals surface area contributed by atoms with Crippen molar-refractivity contribution in [2.75, 3.05) is 26.1 Å². The predicted molar refractivity (Wildman–Crippen MR) is 152 cm³/mol. The van der Waals surface area contributed by atoms with Crippen molar-refractivity contribution in [3.05, 3.63) is 59.4 Å². The second kappa shape index (κ2) is 13.4. The van der Waals surface area contributed by atoms with Gasteiger partial charge in [-0.1, -0.05) is 52.0 Å². The van der Waals surface area contributed by atoms with Crippen molar-refractivity contribution in [2.24, 2.45) is 5.92 Å². The zero-order valence-corrected chi connectivity index (χ0v) is 23.1. The summed E-state index contributed by atoms with van der Waals surface area (Å²) in [4.78, 5) is 9.46. The minimum absolute atomic E-state index is 0.440. The van der Waals surface area contributed by atoms with Crippen LogP contribution in [0.3, 0.4) is 0 Å². The van der Waals surface area contributed by atoms with Gasteiger partial charge in [-0.05, 0) is 54.9 Å². The Kier molecular flexibility index (Phi) is 10.3. The molecule has 2 aromatic heterocycles. The number of rotatable bonds is 11. The Morgan fingerprint density at radius 3 is 2.51 bits per heavy atom. The fourth-order valence-electron chi connectivity index (χ4n) is 4.47. The Labute approximate surface area is 220 Å². The molecule has 37 heavy (non-hydrogen) atoms. The molecule has 200 valence electrons. The van der Waals surface area contributed by atoms with Crippen molar-refractivity contribution < 1.29 is 14.6 Å². The molecule has 3 N–H and O–H groups in total. The van der Waals surface area contributed by atoms with Gasteiger partial charge in [0.1, 0.15) is 23.7 Å². The standard InChI is InChI=1S/C29H38N4O2.CH4O/c1-6-34-18-26-32-27-28(33(26)17-19(2)3)24-13-12-23(16-25(24)31-29(27)30)35-14-8-10-21-9-7-11-22(15-21)20(4)5;1-2/h7,9,11-13,15-16,19-20H,6,8,10,14,17-18H2,1-5H3,(H2,30,31);2H,1H3. The number of aliphatic hydroxyl groups is 1. The Balaban J connectivity index is 0.00000186. The van der Waals surface area contributed by atoms with Gasteiger partial charge in [-0.3, -0.25) is 0 Å².